The lowest BCUT2D eigenvalue weighted by Gasteiger charge is -2.12. The molecule has 1 aromatic carbocycles. The van der Waals surface area contributed by atoms with E-state index in [2.05, 4.69) is 37.8 Å². The van der Waals surface area contributed by atoms with Crippen LogP contribution in [0.15, 0.2) is 30.7 Å². The molecule has 168 valence electrons. The lowest BCUT2D eigenvalue weighted by Crippen LogP contribution is -2.15. The summed E-state index contributed by atoms with van der Waals surface area (Å²) >= 11 is 0. The highest BCUT2D eigenvalue weighted by Crippen LogP contribution is 2.37. The quantitative estimate of drug-likeness (QED) is 0.358. The van der Waals surface area contributed by atoms with Gasteiger partial charge in [0, 0.05) is 24.3 Å². The largest absolute Gasteiger partial charge is 0.383 e. The minimum atomic E-state index is -0.0641. The number of halogens is 1. The number of aromatic nitrogens is 5. The van der Waals surface area contributed by atoms with Gasteiger partial charge in [0.05, 0.1) is 39.9 Å². The fourth-order valence-corrected chi connectivity index (χ4v) is 4.54. The number of nitrogens with two attached hydrogens (primary N) is 1. The second-order valence-corrected chi connectivity index (χ2v) is 8.61. The summed E-state index contributed by atoms with van der Waals surface area (Å²) in [6.07, 6.45) is 6.83. The van der Waals surface area contributed by atoms with Gasteiger partial charge in [-0.2, -0.15) is 5.10 Å². The van der Waals surface area contributed by atoms with Crippen molar-refractivity contribution in [1.82, 2.24) is 29.6 Å². The first kappa shape index (κ1) is 21.4. The highest BCUT2D eigenvalue weighted by molar-refractivity contribution is 6.09. The second kappa shape index (κ2) is 8.18. The van der Waals surface area contributed by atoms with Crippen LogP contribution in [-0.4, -0.2) is 43.2 Å². The van der Waals surface area contributed by atoms with Crippen LogP contribution in [0.5, 0.6) is 0 Å². The van der Waals surface area contributed by atoms with E-state index in [0.717, 1.165) is 41.6 Å². The molecule has 0 spiro atoms. The van der Waals surface area contributed by atoms with Crippen LogP contribution in [0.1, 0.15) is 59.9 Å². The molecule has 9 heteroatoms. The van der Waals surface area contributed by atoms with E-state index in [1.54, 1.807) is 6.20 Å². The Labute approximate surface area is 197 Å². The average molecular weight is 462 g/mol. The fourth-order valence-electron chi connectivity index (χ4n) is 4.54. The first-order valence-corrected chi connectivity index (χ1v) is 11.0. The highest BCUT2D eigenvalue weighted by Gasteiger charge is 2.26. The van der Waals surface area contributed by atoms with Gasteiger partial charge in [-0.15, -0.1) is 12.4 Å². The van der Waals surface area contributed by atoms with Gasteiger partial charge in [-0.1, -0.05) is 5.92 Å². The molecule has 3 aromatic heterocycles. The van der Waals surface area contributed by atoms with E-state index in [4.69, 9.17) is 10.8 Å². The number of carbonyl (C=O) groups is 1. The summed E-state index contributed by atoms with van der Waals surface area (Å²) < 4.78 is 4.15. The van der Waals surface area contributed by atoms with Gasteiger partial charge in [-0.05, 0) is 56.9 Å². The van der Waals surface area contributed by atoms with E-state index in [1.807, 2.05) is 23.1 Å². The number of benzene rings is 1. The maximum atomic E-state index is 12.3. The Bertz CT molecular complexity index is 1450. The Morgan fingerprint density at radius 2 is 2.03 bits per heavy atom. The zero-order valence-corrected chi connectivity index (χ0v) is 19.0. The van der Waals surface area contributed by atoms with Crippen LogP contribution in [0.4, 0.5) is 5.82 Å². The van der Waals surface area contributed by atoms with Crippen molar-refractivity contribution < 1.29 is 4.79 Å². The van der Waals surface area contributed by atoms with Crippen molar-refractivity contribution in [3.05, 3.63) is 47.5 Å². The number of hydrogen-bond acceptors (Lipinski definition) is 6. The first-order chi connectivity index (χ1) is 15.6. The lowest BCUT2D eigenvalue weighted by atomic mass is 10.1. The molecule has 0 amide bonds. The fraction of sp³-hybridized carbons (Fsp3) is 0.333. The van der Waals surface area contributed by atoms with Gasteiger partial charge in [-0.3, -0.25) is 9.48 Å². The van der Waals surface area contributed by atoms with Gasteiger partial charge < -0.3 is 15.6 Å². The summed E-state index contributed by atoms with van der Waals surface area (Å²) in [7, 11) is 0. The number of anilines is 1. The van der Waals surface area contributed by atoms with Crippen LogP contribution in [0, 0.1) is 11.8 Å². The maximum Gasteiger partial charge on any atom is 0.163 e. The van der Waals surface area contributed by atoms with Crippen molar-refractivity contribution in [1.29, 1.82) is 0 Å². The summed E-state index contributed by atoms with van der Waals surface area (Å²) in [5.74, 6) is 6.69. The van der Waals surface area contributed by atoms with Crippen molar-refractivity contribution in [2.24, 2.45) is 0 Å². The number of Topliss-reactive ketones (excluding diaryl/α,β-unsaturated/α-hetero) is 1. The smallest absolute Gasteiger partial charge is 0.163 e. The molecule has 3 N–H and O–H groups in total. The van der Waals surface area contributed by atoms with Crippen LogP contribution in [0.2, 0.25) is 0 Å². The van der Waals surface area contributed by atoms with Gasteiger partial charge in [0.25, 0.3) is 0 Å². The number of ketones is 1. The summed E-state index contributed by atoms with van der Waals surface area (Å²) in [5, 5.41) is 8.81. The molecule has 1 saturated heterocycles. The van der Waals surface area contributed by atoms with Crippen molar-refractivity contribution >= 4 is 45.9 Å². The molecule has 1 aliphatic carbocycles. The van der Waals surface area contributed by atoms with Crippen molar-refractivity contribution in [2.75, 3.05) is 18.8 Å². The molecule has 6 rings (SSSR count). The van der Waals surface area contributed by atoms with Crippen molar-refractivity contribution in [3.8, 4) is 11.8 Å². The molecule has 2 fully saturated rings. The number of nitrogen functional groups attached to an aromatic ring is 1. The Kier molecular flexibility index (Phi) is 5.31. The molecule has 8 nitrogen and oxygen atoms in total. The number of carbonyl (C=O) groups excluding carboxylic acids is 1. The minimum Gasteiger partial charge on any atom is -0.383 e. The SMILES string of the molecule is CC(=O)c1cnc(N)c2c(C#Cc3ccc4c(c3)ncn4C3CC3)nn([C@H]3CCNC3)c12.Cl. The molecular formula is C24H24ClN7O. The third kappa shape index (κ3) is 3.63. The number of imidazole rings is 1. The first-order valence-electron chi connectivity index (χ1n) is 11.0. The molecule has 4 heterocycles. The minimum absolute atomic E-state index is 0. The second-order valence-electron chi connectivity index (χ2n) is 8.61. The molecule has 0 bridgehead atoms. The van der Waals surface area contributed by atoms with Gasteiger partial charge in [0.15, 0.2) is 5.78 Å². The average Bonchev–Trinajstić information content (AvgIpc) is 3.18. The zero-order chi connectivity index (χ0) is 21.8. The third-order valence-corrected chi connectivity index (χ3v) is 6.35. The van der Waals surface area contributed by atoms with Crippen LogP contribution in [0.3, 0.4) is 0 Å². The van der Waals surface area contributed by atoms with E-state index in [-0.39, 0.29) is 24.2 Å². The van der Waals surface area contributed by atoms with Crippen LogP contribution in [-0.2, 0) is 0 Å². The van der Waals surface area contributed by atoms with Crippen LogP contribution < -0.4 is 11.1 Å². The predicted octanol–water partition coefficient (Wildman–Crippen LogP) is 3.26. The molecule has 1 aliphatic heterocycles. The molecule has 1 atom stereocenters. The molecule has 1 saturated carbocycles. The molecule has 4 aromatic rings. The van der Waals surface area contributed by atoms with Gasteiger partial charge in [-0.25, -0.2) is 9.97 Å². The van der Waals surface area contributed by atoms with E-state index in [9.17, 15) is 4.79 Å². The summed E-state index contributed by atoms with van der Waals surface area (Å²) in [6.45, 7) is 3.25. The molecule has 0 radical (unpaired) electrons. The number of nitrogens with zero attached hydrogens (tertiary/aromatic N) is 5. The van der Waals surface area contributed by atoms with E-state index < -0.39 is 0 Å². The highest BCUT2D eigenvalue weighted by atomic mass is 35.5. The molecular weight excluding hydrogens is 438 g/mol. The standard InChI is InChI=1S/C24H23N7O.ClH/c1-14(32)18-12-27-24(25)22-19(29-31(23(18)22)17-8-9-26-11-17)6-2-15-3-7-21-20(10-15)28-13-30(21)16-4-5-16;/h3,7,10,12-13,16-17,26H,4-5,8-9,11H2,1H3,(H2,25,27);1H/t17-;/m0./s1. The van der Waals surface area contributed by atoms with E-state index >= 15 is 0 Å². The topological polar surface area (TPSA) is 104 Å². The third-order valence-electron chi connectivity index (χ3n) is 6.35. The van der Waals surface area contributed by atoms with Crippen molar-refractivity contribution in [2.45, 2.75) is 38.3 Å². The van der Waals surface area contributed by atoms with Gasteiger partial charge >= 0.3 is 0 Å². The number of pyridine rings is 1. The maximum absolute atomic E-state index is 12.3. The Balaban J connectivity index is 0.00000228. The van der Waals surface area contributed by atoms with Crippen molar-refractivity contribution in [3.63, 3.8) is 0 Å². The monoisotopic (exact) mass is 461 g/mol. The predicted molar refractivity (Wildman–Crippen MR) is 130 cm³/mol. The Morgan fingerprint density at radius 1 is 1.18 bits per heavy atom. The number of rotatable bonds is 3. The zero-order valence-electron chi connectivity index (χ0n) is 18.2. The van der Waals surface area contributed by atoms with E-state index in [1.165, 1.54) is 19.8 Å². The van der Waals surface area contributed by atoms with Crippen LogP contribution in [0.25, 0.3) is 21.9 Å². The van der Waals surface area contributed by atoms with Crippen LogP contribution >= 0.6 is 12.4 Å². The summed E-state index contributed by atoms with van der Waals surface area (Å²) in [5.41, 5.74) is 11.0. The molecule has 0 unspecified atom stereocenters. The number of nitrogens with one attached hydrogen (secondary N) is 1. The Hall–Kier alpha value is -3.41. The molecule has 2 aliphatic rings. The number of fused-ring (bicyclic) bond motifs is 2. The lowest BCUT2D eigenvalue weighted by molar-refractivity contribution is 0.101. The van der Waals surface area contributed by atoms with Gasteiger partial charge in [0.2, 0.25) is 0 Å². The van der Waals surface area contributed by atoms with E-state index in [0.29, 0.717) is 28.5 Å². The molecule has 33 heavy (non-hydrogen) atoms. The summed E-state index contributed by atoms with van der Waals surface area (Å²) in [4.78, 5) is 21.1. The van der Waals surface area contributed by atoms with Gasteiger partial charge in [0.1, 0.15) is 11.5 Å². The number of hydrogen-bond donors (Lipinski definition) is 2. The summed E-state index contributed by atoms with van der Waals surface area (Å²) in [6, 6.07) is 6.83. The Morgan fingerprint density at radius 3 is 2.76 bits per heavy atom. The normalized spacial score (nSPS) is 17.7.